The number of carbonyl (C=O) groups excluding carboxylic acids is 2. The van der Waals surface area contributed by atoms with Crippen LogP contribution >= 0.6 is 0 Å². The smallest absolute Gasteiger partial charge is 0.328 e. The fourth-order valence-corrected chi connectivity index (χ4v) is 2.34. The molecule has 0 saturated carbocycles. The van der Waals surface area contributed by atoms with Crippen LogP contribution in [0.1, 0.15) is 27.2 Å². The van der Waals surface area contributed by atoms with Gasteiger partial charge in [-0.2, -0.15) is 0 Å². The van der Waals surface area contributed by atoms with Gasteiger partial charge in [-0.25, -0.2) is 4.79 Å². The summed E-state index contributed by atoms with van der Waals surface area (Å²) < 4.78 is 10.6. The summed E-state index contributed by atoms with van der Waals surface area (Å²) in [6, 6.07) is -0.788. The molecule has 0 bridgehead atoms. The van der Waals surface area contributed by atoms with Crippen LogP contribution in [0.3, 0.4) is 0 Å². The fraction of sp³-hybridized carbons (Fsp3) is 0.846. The quantitative estimate of drug-likeness (QED) is 0.542. The van der Waals surface area contributed by atoms with Crippen molar-refractivity contribution in [2.75, 3.05) is 20.3 Å². The highest BCUT2D eigenvalue weighted by atomic mass is 28.4. The van der Waals surface area contributed by atoms with Gasteiger partial charge in [0.25, 0.3) is 0 Å². The Hall–Kier alpha value is -0.923. The Morgan fingerprint density at radius 2 is 1.85 bits per heavy atom. The van der Waals surface area contributed by atoms with Gasteiger partial charge in [0.1, 0.15) is 12.6 Å². The number of ether oxygens (including phenoxy) is 1. The van der Waals surface area contributed by atoms with Crippen molar-refractivity contribution in [3.05, 3.63) is 0 Å². The predicted octanol–water partition coefficient (Wildman–Crippen LogP) is 1.05. The fourth-order valence-electron chi connectivity index (χ4n) is 1.28. The molecule has 0 aliphatic rings. The van der Waals surface area contributed by atoms with Crippen molar-refractivity contribution >= 4 is 20.2 Å². The molecular weight excluding hydrogens is 278 g/mol. The first-order valence-electron chi connectivity index (χ1n) is 6.67. The van der Waals surface area contributed by atoms with Gasteiger partial charge in [0.05, 0.1) is 7.11 Å². The monoisotopic (exact) mass is 305 g/mol. The van der Waals surface area contributed by atoms with Gasteiger partial charge in [-0.3, -0.25) is 4.79 Å². The number of nitrogens with one attached hydrogen (secondary N) is 1. The summed E-state index contributed by atoms with van der Waals surface area (Å²) in [6.45, 7) is 10.3. The van der Waals surface area contributed by atoms with Crippen LogP contribution < -0.4 is 5.32 Å². The highest BCUT2D eigenvalue weighted by molar-refractivity contribution is 6.74. The average molecular weight is 305 g/mol. The summed E-state index contributed by atoms with van der Waals surface area (Å²) in [4.78, 5) is 22.7. The Morgan fingerprint density at radius 3 is 2.25 bits per heavy atom. The molecule has 7 heteroatoms. The molecule has 0 aliphatic carbocycles. The summed E-state index contributed by atoms with van der Waals surface area (Å²) in [7, 11) is -0.620. The lowest BCUT2D eigenvalue weighted by Gasteiger charge is -2.36. The minimum absolute atomic E-state index is 0.0854. The number of amides is 1. The second-order valence-corrected chi connectivity index (χ2v) is 11.0. The van der Waals surface area contributed by atoms with Crippen LogP contribution in [0.4, 0.5) is 0 Å². The molecule has 0 saturated heterocycles. The molecular formula is C13H27NO5Si. The second-order valence-electron chi connectivity index (χ2n) is 6.20. The molecule has 0 radical (unpaired) electrons. The molecule has 2 N–H and O–H groups in total. The lowest BCUT2D eigenvalue weighted by atomic mass is 10.2. The third kappa shape index (κ3) is 6.02. The van der Waals surface area contributed by atoms with Gasteiger partial charge in [-0.1, -0.05) is 20.8 Å². The molecule has 1 atom stereocenters. The molecule has 1 amide bonds. The number of methoxy groups -OCH3 is 1. The molecule has 20 heavy (non-hydrogen) atoms. The molecule has 0 aromatic heterocycles. The van der Waals surface area contributed by atoms with Crippen LogP contribution in [0.15, 0.2) is 0 Å². The zero-order chi connectivity index (χ0) is 16.0. The van der Waals surface area contributed by atoms with E-state index in [1.54, 1.807) is 0 Å². The van der Waals surface area contributed by atoms with E-state index < -0.39 is 32.8 Å². The van der Waals surface area contributed by atoms with E-state index in [0.29, 0.717) is 13.0 Å². The maximum atomic E-state index is 11.6. The number of carbonyl (C=O) groups is 2. The molecule has 0 aromatic rings. The summed E-state index contributed by atoms with van der Waals surface area (Å²) >= 11 is 0. The van der Waals surface area contributed by atoms with Crippen LogP contribution in [0, 0.1) is 0 Å². The van der Waals surface area contributed by atoms with E-state index in [4.69, 9.17) is 9.53 Å². The number of hydrogen-bond acceptors (Lipinski definition) is 5. The van der Waals surface area contributed by atoms with Gasteiger partial charge in [0.2, 0.25) is 5.91 Å². The molecule has 0 rings (SSSR count). The van der Waals surface area contributed by atoms with E-state index >= 15 is 0 Å². The molecule has 0 spiro atoms. The van der Waals surface area contributed by atoms with Crippen LogP contribution in [0.2, 0.25) is 18.1 Å². The van der Waals surface area contributed by atoms with Gasteiger partial charge >= 0.3 is 5.97 Å². The SMILES string of the molecule is COC(=O)[C@H](CCO[Si](C)(C)C(C)(C)C)NC(=O)CO. The van der Waals surface area contributed by atoms with Crippen molar-refractivity contribution in [2.45, 2.75) is 51.4 Å². The van der Waals surface area contributed by atoms with Crippen molar-refractivity contribution < 1.29 is 23.9 Å². The maximum Gasteiger partial charge on any atom is 0.328 e. The zero-order valence-electron chi connectivity index (χ0n) is 13.3. The van der Waals surface area contributed by atoms with E-state index in [1.165, 1.54) is 7.11 Å². The van der Waals surface area contributed by atoms with Crippen LogP contribution in [0.5, 0.6) is 0 Å². The predicted molar refractivity (Wildman–Crippen MR) is 78.8 cm³/mol. The summed E-state index contributed by atoms with van der Waals surface area (Å²) in [6.07, 6.45) is 0.324. The van der Waals surface area contributed by atoms with Crippen molar-refractivity contribution in [1.82, 2.24) is 5.32 Å². The third-order valence-electron chi connectivity index (χ3n) is 3.64. The van der Waals surface area contributed by atoms with E-state index in [2.05, 4.69) is 43.9 Å². The van der Waals surface area contributed by atoms with Crippen molar-refractivity contribution in [3.8, 4) is 0 Å². The van der Waals surface area contributed by atoms with Crippen LogP contribution in [0.25, 0.3) is 0 Å². The molecule has 0 fully saturated rings. The van der Waals surface area contributed by atoms with Crippen molar-refractivity contribution in [1.29, 1.82) is 0 Å². The normalized spacial score (nSPS) is 13.8. The first-order chi connectivity index (χ1) is 9.05. The number of esters is 1. The second kappa shape index (κ2) is 7.75. The van der Waals surface area contributed by atoms with Gasteiger partial charge in [0.15, 0.2) is 8.32 Å². The highest BCUT2D eigenvalue weighted by Crippen LogP contribution is 2.36. The van der Waals surface area contributed by atoms with Crippen molar-refractivity contribution in [2.24, 2.45) is 0 Å². The number of rotatable bonds is 7. The maximum absolute atomic E-state index is 11.6. The van der Waals surface area contributed by atoms with E-state index in [9.17, 15) is 9.59 Å². The van der Waals surface area contributed by atoms with E-state index in [1.807, 2.05) is 0 Å². The molecule has 6 nitrogen and oxygen atoms in total. The standard InChI is InChI=1S/C13H27NO5Si/c1-13(2,3)20(5,6)19-8-7-10(12(17)18-4)14-11(16)9-15/h10,15H,7-9H2,1-6H3,(H,14,16)/t10-/m0/s1. The molecule has 0 unspecified atom stereocenters. The topological polar surface area (TPSA) is 84.9 Å². The van der Waals surface area contributed by atoms with Crippen LogP contribution in [-0.4, -0.2) is 51.7 Å². The number of hydrogen-bond donors (Lipinski definition) is 2. The van der Waals surface area contributed by atoms with Gasteiger partial charge < -0.3 is 19.6 Å². The first kappa shape index (κ1) is 19.1. The minimum atomic E-state index is -1.88. The lowest BCUT2D eigenvalue weighted by Crippen LogP contribution is -2.45. The Bertz CT molecular complexity index is 338. The van der Waals surface area contributed by atoms with Gasteiger partial charge in [-0.15, -0.1) is 0 Å². The summed E-state index contributed by atoms with van der Waals surface area (Å²) in [5.74, 6) is -1.14. The number of aliphatic hydroxyl groups is 1. The van der Waals surface area contributed by atoms with E-state index in [-0.39, 0.29) is 5.04 Å². The lowest BCUT2D eigenvalue weighted by molar-refractivity contribution is -0.145. The zero-order valence-corrected chi connectivity index (χ0v) is 14.3. The Morgan fingerprint density at radius 1 is 1.30 bits per heavy atom. The largest absolute Gasteiger partial charge is 0.467 e. The molecule has 0 aromatic carbocycles. The molecule has 0 heterocycles. The molecule has 0 aliphatic heterocycles. The minimum Gasteiger partial charge on any atom is -0.467 e. The van der Waals surface area contributed by atoms with Crippen LogP contribution in [-0.2, 0) is 18.8 Å². The number of aliphatic hydroxyl groups excluding tert-OH is 1. The average Bonchev–Trinajstić information content (AvgIpc) is 2.34. The Labute approximate surface area is 122 Å². The molecule has 118 valence electrons. The Kier molecular flexibility index (Phi) is 7.39. The summed E-state index contributed by atoms with van der Waals surface area (Å²) in [5, 5.41) is 11.2. The van der Waals surface area contributed by atoms with E-state index in [0.717, 1.165) is 0 Å². The third-order valence-corrected chi connectivity index (χ3v) is 8.18. The first-order valence-corrected chi connectivity index (χ1v) is 9.58. The summed E-state index contributed by atoms with van der Waals surface area (Å²) in [5.41, 5.74) is 0. The highest BCUT2D eigenvalue weighted by Gasteiger charge is 2.37. The van der Waals surface area contributed by atoms with Crippen molar-refractivity contribution in [3.63, 3.8) is 0 Å². The van der Waals surface area contributed by atoms with Gasteiger partial charge in [0, 0.05) is 13.0 Å². The van der Waals surface area contributed by atoms with Gasteiger partial charge in [-0.05, 0) is 18.1 Å². The Balaban J connectivity index is 4.48.